The van der Waals surface area contributed by atoms with E-state index in [1.54, 1.807) is 11.0 Å². The molecule has 0 aromatic carbocycles. The Morgan fingerprint density at radius 3 is 2.97 bits per heavy atom. The van der Waals surface area contributed by atoms with Gasteiger partial charge in [-0.1, -0.05) is 42.5 Å². The summed E-state index contributed by atoms with van der Waals surface area (Å²) in [7, 11) is 0. The molecule has 0 spiro atoms. The highest BCUT2D eigenvalue weighted by molar-refractivity contribution is 5.98. The molecule has 1 atom stereocenters. The van der Waals surface area contributed by atoms with Gasteiger partial charge in [0, 0.05) is 31.9 Å². The molecule has 0 bridgehead atoms. The van der Waals surface area contributed by atoms with Crippen LogP contribution in [0.25, 0.3) is 0 Å². The van der Waals surface area contributed by atoms with Crippen LogP contribution >= 0.6 is 0 Å². The van der Waals surface area contributed by atoms with Gasteiger partial charge in [-0.05, 0) is 56.8 Å². The predicted molar refractivity (Wildman–Crippen MR) is 125 cm³/mol. The lowest BCUT2D eigenvalue weighted by molar-refractivity contribution is -0.127. The topological polar surface area (TPSA) is 56.7 Å². The minimum Gasteiger partial charge on any atom is -0.342 e. The predicted octanol–water partition coefficient (Wildman–Crippen LogP) is 4.10. The lowest BCUT2D eigenvalue weighted by Gasteiger charge is -2.30. The van der Waals surface area contributed by atoms with E-state index in [0.717, 1.165) is 50.0 Å². The Morgan fingerprint density at radius 2 is 2.23 bits per heavy atom. The van der Waals surface area contributed by atoms with Gasteiger partial charge in [-0.25, -0.2) is 4.39 Å². The summed E-state index contributed by atoms with van der Waals surface area (Å²) in [6.07, 6.45) is 12.8. The molecule has 0 saturated carbocycles. The van der Waals surface area contributed by atoms with Gasteiger partial charge in [0.1, 0.15) is 0 Å². The third kappa shape index (κ3) is 6.62. The third-order valence-corrected chi connectivity index (χ3v) is 5.85. The van der Waals surface area contributed by atoms with Crippen molar-refractivity contribution in [2.45, 2.75) is 45.1 Å². The van der Waals surface area contributed by atoms with Crippen LogP contribution in [0.15, 0.2) is 76.8 Å². The van der Waals surface area contributed by atoms with Crippen molar-refractivity contribution in [3.05, 3.63) is 71.8 Å². The molecule has 1 amide bonds. The molecule has 3 rings (SSSR count). The molecule has 0 aromatic heterocycles. The van der Waals surface area contributed by atoms with Crippen LogP contribution in [-0.4, -0.2) is 48.9 Å². The Bertz CT molecular complexity index is 878. The molecule has 0 aliphatic carbocycles. The number of carbonyl (C=O) groups excluding carboxylic acids is 1. The summed E-state index contributed by atoms with van der Waals surface area (Å²) in [4.78, 5) is 18.3. The van der Waals surface area contributed by atoms with Gasteiger partial charge in [0.05, 0.1) is 6.04 Å². The number of hydrogen-bond acceptors (Lipinski definition) is 3. The molecule has 31 heavy (non-hydrogen) atoms. The number of nitrogens with zero attached hydrogens (tertiary/aromatic N) is 2. The maximum Gasteiger partial charge on any atom is 0.246 e. The van der Waals surface area contributed by atoms with Crippen LogP contribution in [0.3, 0.4) is 0 Å². The number of allylic oxidation sites excluding steroid dienone is 5. The van der Waals surface area contributed by atoms with E-state index in [-0.39, 0.29) is 23.6 Å². The van der Waals surface area contributed by atoms with E-state index in [1.807, 2.05) is 6.08 Å². The first-order chi connectivity index (χ1) is 15.0. The highest BCUT2D eigenvalue weighted by Crippen LogP contribution is 2.19. The number of amidine groups is 1. The smallest absolute Gasteiger partial charge is 0.246 e. The molecule has 2 N–H and O–H groups in total. The maximum atomic E-state index is 14.6. The van der Waals surface area contributed by atoms with Gasteiger partial charge >= 0.3 is 0 Å². The van der Waals surface area contributed by atoms with E-state index in [9.17, 15) is 9.18 Å². The van der Waals surface area contributed by atoms with Crippen molar-refractivity contribution >= 4 is 11.7 Å². The van der Waals surface area contributed by atoms with Gasteiger partial charge in [0.2, 0.25) is 5.91 Å². The summed E-state index contributed by atoms with van der Waals surface area (Å²) >= 11 is 0. The van der Waals surface area contributed by atoms with Gasteiger partial charge in [0.25, 0.3) is 0 Å². The van der Waals surface area contributed by atoms with Crippen LogP contribution in [0.4, 0.5) is 4.39 Å². The molecule has 0 aromatic rings. The molecule has 3 aliphatic rings. The molecule has 3 heterocycles. The number of piperidine rings is 1. The first kappa shape index (κ1) is 22.9. The zero-order valence-corrected chi connectivity index (χ0v) is 18.4. The summed E-state index contributed by atoms with van der Waals surface area (Å²) in [6.45, 7) is 12.9. The van der Waals surface area contributed by atoms with Crippen LogP contribution in [0, 0.1) is 0 Å². The minimum absolute atomic E-state index is 0.0961. The average Bonchev–Trinajstić information content (AvgIpc) is 3.10. The van der Waals surface area contributed by atoms with Crippen molar-refractivity contribution in [2.75, 3.05) is 26.2 Å². The molecular formula is C25H33FN4O. The number of likely N-dealkylation sites (tertiary alicyclic amines) is 1. The molecule has 1 fully saturated rings. The second-order valence-corrected chi connectivity index (χ2v) is 8.30. The lowest BCUT2D eigenvalue weighted by atomic mass is 10.1. The van der Waals surface area contributed by atoms with Crippen LogP contribution in [-0.2, 0) is 4.79 Å². The van der Waals surface area contributed by atoms with E-state index in [0.29, 0.717) is 19.5 Å². The number of amides is 1. The van der Waals surface area contributed by atoms with E-state index in [1.165, 1.54) is 17.2 Å². The molecule has 6 heteroatoms. The molecule has 0 radical (unpaired) electrons. The fraction of sp³-hybridized carbons (Fsp3) is 0.440. The lowest BCUT2D eigenvalue weighted by Crippen LogP contribution is -2.41. The van der Waals surface area contributed by atoms with Crippen molar-refractivity contribution in [3.8, 4) is 0 Å². The molecule has 3 aliphatic heterocycles. The fourth-order valence-corrected chi connectivity index (χ4v) is 3.94. The van der Waals surface area contributed by atoms with Crippen LogP contribution < -0.4 is 10.6 Å². The zero-order chi connectivity index (χ0) is 22.2. The Labute approximate surface area is 184 Å². The van der Waals surface area contributed by atoms with E-state index >= 15 is 0 Å². The Balaban J connectivity index is 1.58. The first-order valence-electron chi connectivity index (χ1n) is 11.0. The zero-order valence-electron chi connectivity index (χ0n) is 18.4. The summed E-state index contributed by atoms with van der Waals surface area (Å²) in [5.41, 5.74) is 4.68. The Morgan fingerprint density at radius 1 is 1.39 bits per heavy atom. The molecule has 5 nitrogen and oxygen atoms in total. The van der Waals surface area contributed by atoms with Crippen LogP contribution in [0.1, 0.15) is 39.0 Å². The van der Waals surface area contributed by atoms with Crippen molar-refractivity contribution < 1.29 is 9.18 Å². The van der Waals surface area contributed by atoms with Gasteiger partial charge in [-0.3, -0.25) is 9.79 Å². The number of aliphatic imine (C=N–C) groups is 1. The largest absolute Gasteiger partial charge is 0.342 e. The molecular weight excluding hydrogens is 391 g/mol. The van der Waals surface area contributed by atoms with Crippen molar-refractivity contribution in [1.82, 2.24) is 15.5 Å². The van der Waals surface area contributed by atoms with Crippen molar-refractivity contribution in [3.63, 3.8) is 0 Å². The standard InChI is InChI=1S/C25H33FN4O/c1-4-24(31)30-14-6-8-22(17-30)29-25-23(26)9-5-7-21(28-25)13-11-18(2)10-12-20-16-27-15-19(20)3/h4,7,9-10,12,22,27H,1-2,5-6,8,11,13-17H2,3H3,(H,28,29)/b12-10-/t22-/m1/s1. The Hall–Kier alpha value is -2.73. The van der Waals surface area contributed by atoms with Gasteiger partial charge in [0.15, 0.2) is 11.7 Å². The minimum atomic E-state index is -0.340. The fourth-order valence-electron chi connectivity index (χ4n) is 3.94. The molecule has 1 saturated heterocycles. The van der Waals surface area contributed by atoms with Gasteiger partial charge in [-0.2, -0.15) is 0 Å². The summed E-state index contributed by atoms with van der Waals surface area (Å²) < 4.78 is 14.6. The van der Waals surface area contributed by atoms with E-state index in [4.69, 9.17) is 0 Å². The van der Waals surface area contributed by atoms with Gasteiger partial charge in [-0.15, -0.1) is 0 Å². The number of rotatable bonds is 7. The van der Waals surface area contributed by atoms with Crippen molar-refractivity contribution in [2.24, 2.45) is 4.99 Å². The number of nitrogens with one attached hydrogen (secondary N) is 2. The number of halogens is 1. The molecule has 166 valence electrons. The van der Waals surface area contributed by atoms with E-state index < -0.39 is 0 Å². The normalized spacial score (nSPS) is 23.5. The first-order valence-corrected chi connectivity index (χ1v) is 11.0. The second kappa shape index (κ2) is 11.0. The SMILES string of the molecule is C=CC(=O)N1CCC[C@@H](N=C2NC(CCC(=C)/C=C\C3=C(C)CNC3)=CCC=C2F)C1. The van der Waals surface area contributed by atoms with Gasteiger partial charge < -0.3 is 15.5 Å². The summed E-state index contributed by atoms with van der Waals surface area (Å²) in [5.74, 6) is -0.171. The third-order valence-electron chi connectivity index (χ3n) is 5.85. The Kier molecular flexibility index (Phi) is 8.18. The number of carbonyl (C=O) groups is 1. The number of hydrogen-bond donors (Lipinski definition) is 2. The highest BCUT2D eigenvalue weighted by Gasteiger charge is 2.23. The molecule has 0 unspecified atom stereocenters. The van der Waals surface area contributed by atoms with E-state index in [2.05, 4.69) is 47.9 Å². The van der Waals surface area contributed by atoms with Crippen molar-refractivity contribution in [1.29, 1.82) is 0 Å². The monoisotopic (exact) mass is 424 g/mol. The summed E-state index contributed by atoms with van der Waals surface area (Å²) in [6, 6.07) is -0.118. The average molecular weight is 425 g/mol. The summed E-state index contributed by atoms with van der Waals surface area (Å²) in [5, 5.41) is 6.53. The highest BCUT2D eigenvalue weighted by atomic mass is 19.1. The van der Waals surface area contributed by atoms with Crippen LogP contribution in [0.2, 0.25) is 0 Å². The van der Waals surface area contributed by atoms with Crippen LogP contribution in [0.5, 0.6) is 0 Å². The maximum absolute atomic E-state index is 14.6. The quantitative estimate of drug-likeness (QED) is 0.478. The second-order valence-electron chi connectivity index (χ2n) is 8.30.